The van der Waals surface area contributed by atoms with Crippen molar-refractivity contribution in [2.24, 2.45) is 7.05 Å². The van der Waals surface area contributed by atoms with Crippen molar-refractivity contribution < 1.29 is 14.3 Å². The molecule has 1 aliphatic rings. The van der Waals surface area contributed by atoms with E-state index in [9.17, 15) is 9.59 Å². The van der Waals surface area contributed by atoms with Gasteiger partial charge in [0, 0.05) is 38.0 Å². The number of amides is 1. The number of fused-ring (bicyclic) bond motifs is 1. The molecule has 2 aromatic rings. The zero-order valence-corrected chi connectivity index (χ0v) is 14.0. The van der Waals surface area contributed by atoms with E-state index < -0.39 is 0 Å². The molecule has 0 saturated carbocycles. The zero-order valence-electron chi connectivity index (χ0n) is 14.0. The molecule has 24 heavy (non-hydrogen) atoms. The average Bonchev–Trinajstić information content (AvgIpc) is 2.61. The lowest BCUT2D eigenvalue weighted by Gasteiger charge is -2.29. The highest BCUT2D eigenvalue weighted by Gasteiger charge is 2.24. The van der Waals surface area contributed by atoms with Gasteiger partial charge in [-0.2, -0.15) is 0 Å². The Labute approximate surface area is 140 Å². The number of nitrogens with zero attached hydrogens (tertiary/aromatic N) is 2. The van der Waals surface area contributed by atoms with Crippen molar-refractivity contribution in [2.75, 3.05) is 20.8 Å². The molecule has 0 N–H and O–H groups in total. The smallest absolute Gasteiger partial charge is 0.254 e. The molecule has 2 heterocycles. The molecule has 0 bridgehead atoms. The molecule has 6 nitrogen and oxygen atoms in total. The third kappa shape index (κ3) is 2.87. The van der Waals surface area contributed by atoms with Crippen molar-refractivity contribution in [1.29, 1.82) is 0 Å². The molecule has 3 rings (SSSR count). The minimum atomic E-state index is -0.190. The fourth-order valence-corrected chi connectivity index (χ4v) is 2.92. The predicted octanol–water partition coefficient (Wildman–Crippen LogP) is 1.60. The van der Waals surface area contributed by atoms with Crippen molar-refractivity contribution in [2.45, 2.75) is 13.0 Å². The topological polar surface area (TPSA) is 60.8 Å². The second kappa shape index (κ2) is 6.39. The highest BCUT2D eigenvalue weighted by atomic mass is 16.5. The van der Waals surface area contributed by atoms with Gasteiger partial charge in [0.05, 0.1) is 14.2 Å². The van der Waals surface area contributed by atoms with Crippen LogP contribution in [0.3, 0.4) is 0 Å². The number of carbonyl (C=O) groups excluding carboxylic acids is 1. The van der Waals surface area contributed by atoms with Crippen molar-refractivity contribution >= 4 is 5.91 Å². The third-order valence-electron chi connectivity index (χ3n) is 4.36. The first-order valence-corrected chi connectivity index (χ1v) is 7.73. The SMILES string of the molecule is COc1cc2c(cc1OC)CN(C(=O)c1ccn(C)c(=O)c1)CC2. The summed E-state index contributed by atoms with van der Waals surface area (Å²) in [7, 11) is 4.86. The van der Waals surface area contributed by atoms with Crippen LogP contribution in [0.15, 0.2) is 35.3 Å². The Hall–Kier alpha value is -2.76. The number of methoxy groups -OCH3 is 2. The van der Waals surface area contributed by atoms with Crippen LogP contribution < -0.4 is 15.0 Å². The van der Waals surface area contributed by atoms with Gasteiger partial charge in [-0.05, 0) is 35.7 Å². The molecule has 0 unspecified atom stereocenters. The van der Waals surface area contributed by atoms with E-state index in [-0.39, 0.29) is 11.5 Å². The number of hydrogen-bond acceptors (Lipinski definition) is 4. The summed E-state index contributed by atoms with van der Waals surface area (Å²) in [6, 6.07) is 6.94. The third-order valence-corrected chi connectivity index (χ3v) is 4.36. The summed E-state index contributed by atoms with van der Waals surface area (Å²) in [5.41, 5.74) is 2.42. The molecule has 1 aromatic heterocycles. The predicted molar refractivity (Wildman–Crippen MR) is 89.7 cm³/mol. The summed E-state index contributed by atoms with van der Waals surface area (Å²) < 4.78 is 12.1. The molecular weight excluding hydrogens is 308 g/mol. The second-order valence-corrected chi connectivity index (χ2v) is 5.82. The first kappa shape index (κ1) is 16.1. The van der Waals surface area contributed by atoms with E-state index in [2.05, 4.69) is 0 Å². The van der Waals surface area contributed by atoms with Crippen LogP contribution in [-0.4, -0.2) is 36.1 Å². The minimum Gasteiger partial charge on any atom is -0.493 e. The van der Waals surface area contributed by atoms with E-state index in [1.54, 1.807) is 38.4 Å². The monoisotopic (exact) mass is 328 g/mol. The number of benzene rings is 1. The van der Waals surface area contributed by atoms with Gasteiger partial charge < -0.3 is 18.9 Å². The van der Waals surface area contributed by atoms with Gasteiger partial charge in [0.25, 0.3) is 11.5 Å². The van der Waals surface area contributed by atoms with Crippen LogP contribution in [0.2, 0.25) is 0 Å². The Morgan fingerprint density at radius 1 is 1.08 bits per heavy atom. The number of ether oxygens (including phenoxy) is 2. The maximum absolute atomic E-state index is 12.7. The van der Waals surface area contributed by atoms with Crippen LogP contribution >= 0.6 is 0 Å². The molecular formula is C18H20N2O4. The number of hydrogen-bond donors (Lipinski definition) is 0. The summed E-state index contributed by atoms with van der Waals surface area (Å²) in [6.45, 7) is 1.10. The minimum absolute atomic E-state index is 0.131. The van der Waals surface area contributed by atoms with Crippen LogP contribution in [-0.2, 0) is 20.0 Å². The Kier molecular flexibility index (Phi) is 4.29. The largest absolute Gasteiger partial charge is 0.493 e. The van der Waals surface area contributed by atoms with Gasteiger partial charge in [0.1, 0.15) is 0 Å². The number of aryl methyl sites for hydroxylation is 1. The summed E-state index contributed by atoms with van der Waals surface area (Å²) in [6.07, 6.45) is 2.35. The van der Waals surface area contributed by atoms with Gasteiger partial charge >= 0.3 is 0 Å². The lowest BCUT2D eigenvalue weighted by molar-refractivity contribution is 0.0734. The van der Waals surface area contributed by atoms with Gasteiger partial charge in [-0.25, -0.2) is 0 Å². The van der Waals surface area contributed by atoms with E-state index >= 15 is 0 Å². The van der Waals surface area contributed by atoms with Gasteiger partial charge in [-0.15, -0.1) is 0 Å². The Balaban J connectivity index is 1.87. The van der Waals surface area contributed by atoms with Crippen LogP contribution in [0.25, 0.3) is 0 Å². The average molecular weight is 328 g/mol. The lowest BCUT2D eigenvalue weighted by atomic mass is 9.98. The fourth-order valence-electron chi connectivity index (χ4n) is 2.92. The fraction of sp³-hybridized carbons (Fsp3) is 0.333. The number of rotatable bonds is 3. The van der Waals surface area contributed by atoms with E-state index in [0.29, 0.717) is 30.2 Å². The molecule has 0 atom stereocenters. The quantitative estimate of drug-likeness (QED) is 0.859. The molecule has 0 radical (unpaired) electrons. The maximum atomic E-state index is 12.7. The molecule has 1 aromatic carbocycles. The standard InChI is InChI=1S/C18H20N2O4/c1-19-6-4-13(10-17(19)21)18(22)20-7-5-12-8-15(23-2)16(24-3)9-14(12)11-20/h4,6,8-10H,5,7,11H2,1-3H3. The van der Waals surface area contributed by atoms with Gasteiger partial charge in [0.15, 0.2) is 11.5 Å². The molecule has 6 heteroatoms. The lowest BCUT2D eigenvalue weighted by Crippen LogP contribution is -2.36. The molecule has 0 spiro atoms. The van der Waals surface area contributed by atoms with Crippen molar-refractivity contribution in [3.05, 3.63) is 57.5 Å². The normalized spacial score (nSPS) is 13.4. The highest BCUT2D eigenvalue weighted by Crippen LogP contribution is 2.33. The van der Waals surface area contributed by atoms with Gasteiger partial charge in [-0.3, -0.25) is 9.59 Å². The Morgan fingerprint density at radius 3 is 2.38 bits per heavy atom. The van der Waals surface area contributed by atoms with Crippen LogP contribution in [0.1, 0.15) is 21.5 Å². The molecule has 126 valence electrons. The zero-order chi connectivity index (χ0) is 17.3. The van der Waals surface area contributed by atoms with Crippen LogP contribution in [0, 0.1) is 0 Å². The van der Waals surface area contributed by atoms with E-state index in [1.807, 2.05) is 12.1 Å². The Morgan fingerprint density at radius 2 is 1.75 bits per heavy atom. The maximum Gasteiger partial charge on any atom is 0.254 e. The van der Waals surface area contributed by atoms with E-state index in [0.717, 1.165) is 17.5 Å². The second-order valence-electron chi connectivity index (χ2n) is 5.82. The molecule has 0 aliphatic carbocycles. The molecule has 1 aliphatic heterocycles. The van der Waals surface area contributed by atoms with Crippen molar-refractivity contribution in [3.8, 4) is 11.5 Å². The first-order valence-electron chi connectivity index (χ1n) is 7.73. The summed E-state index contributed by atoms with van der Waals surface area (Å²) in [4.78, 5) is 26.2. The van der Waals surface area contributed by atoms with Gasteiger partial charge in [0.2, 0.25) is 0 Å². The highest BCUT2D eigenvalue weighted by molar-refractivity contribution is 5.94. The van der Waals surface area contributed by atoms with Crippen molar-refractivity contribution in [3.63, 3.8) is 0 Å². The molecule has 0 saturated heterocycles. The number of carbonyl (C=O) groups is 1. The summed E-state index contributed by atoms with van der Waals surface area (Å²) >= 11 is 0. The van der Waals surface area contributed by atoms with Crippen LogP contribution in [0.5, 0.6) is 11.5 Å². The van der Waals surface area contributed by atoms with Crippen molar-refractivity contribution in [1.82, 2.24) is 9.47 Å². The summed E-state index contributed by atoms with van der Waals surface area (Å²) in [5.74, 6) is 1.22. The van der Waals surface area contributed by atoms with E-state index in [1.165, 1.54) is 10.6 Å². The Bertz CT molecular complexity index is 841. The number of pyridine rings is 1. The van der Waals surface area contributed by atoms with E-state index in [4.69, 9.17) is 9.47 Å². The first-order chi connectivity index (χ1) is 11.5. The summed E-state index contributed by atoms with van der Waals surface area (Å²) in [5, 5.41) is 0. The molecule has 0 fully saturated rings. The van der Waals surface area contributed by atoms with Crippen LogP contribution in [0.4, 0.5) is 0 Å². The molecule has 1 amide bonds. The number of aromatic nitrogens is 1. The van der Waals surface area contributed by atoms with Gasteiger partial charge in [-0.1, -0.05) is 0 Å².